The van der Waals surface area contributed by atoms with Gasteiger partial charge in [-0.2, -0.15) is 0 Å². The fraction of sp³-hybridized carbons (Fsp3) is 0.562. The van der Waals surface area contributed by atoms with Gasteiger partial charge >= 0.3 is 5.97 Å². The van der Waals surface area contributed by atoms with Gasteiger partial charge in [-0.3, -0.25) is 4.79 Å². The molecule has 1 aromatic rings. The van der Waals surface area contributed by atoms with Gasteiger partial charge in [0.15, 0.2) is 0 Å². The molecule has 0 bridgehead atoms. The number of hydrogen-bond donors (Lipinski definition) is 1. The fourth-order valence-electron chi connectivity index (χ4n) is 3.24. The summed E-state index contributed by atoms with van der Waals surface area (Å²) >= 11 is 0. The predicted octanol–water partition coefficient (Wildman–Crippen LogP) is 2.57. The van der Waals surface area contributed by atoms with Crippen LogP contribution in [0.4, 0.5) is 0 Å². The van der Waals surface area contributed by atoms with Crippen LogP contribution in [-0.4, -0.2) is 18.2 Å². The number of esters is 1. The van der Waals surface area contributed by atoms with E-state index in [1.807, 2.05) is 32.9 Å². The molecule has 1 aromatic carbocycles. The summed E-state index contributed by atoms with van der Waals surface area (Å²) < 4.78 is 4.90. The second kappa shape index (κ2) is 4.97. The molecule has 1 aliphatic carbocycles. The van der Waals surface area contributed by atoms with Gasteiger partial charge in [0.25, 0.3) is 0 Å². The maximum atomic E-state index is 12.1. The van der Waals surface area contributed by atoms with Gasteiger partial charge in [-0.15, -0.1) is 0 Å². The summed E-state index contributed by atoms with van der Waals surface area (Å²) in [5.74, 6) is -0.809. The monoisotopic (exact) mass is 262 g/mol. The van der Waals surface area contributed by atoms with Crippen molar-refractivity contribution in [3.05, 3.63) is 34.9 Å². The van der Waals surface area contributed by atoms with Crippen molar-refractivity contribution in [2.45, 2.75) is 39.2 Å². The Labute approximate surface area is 114 Å². The van der Waals surface area contributed by atoms with E-state index >= 15 is 0 Å². The smallest absolute Gasteiger partial charge is 0.312 e. The number of rotatable bonds is 3. The predicted molar refractivity (Wildman–Crippen MR) is 73.7 cm³/mol. The number of fused-ring (bicyclic) bond motifs is 1. The number of methoxy groups -OCH3 is 1. The molecule has 1 aliphatic rings. The van der Waals surface area contributed by atoms with Gasteiger partial charge in [-0.1, -0.05) is 37.6 Å². The highest BCUT2D eigenvalue weighted by molar-refractivity contribution is 5.75. The third-order valence-corrected chi connectivity index (χ3v) is 4.14. The largest absolute Gasteiger partial charge is 0.469 e. The van der Waals surface area contributed by atoms with Crippen molar-refractivity contribution in [3.8, 4) is 0 Å². The summed E-state index contributed by atoms with van der Waals surface area (Å²) in [5, 5.41) is 11.1. The van der Waals surface area contributed by atoms with E-state index in [9.17, 15) is 9.90 Å². The molecule has 2 unspecified atom stereocenters. The van der Waals surface area contributed by atoms with Gasteiger partial charge in [0.2, 0.25) is 0 Å². The van der Waals surface area contributed by atoms with Crippen LogP contribution in [0.2, 0.25) is 0 Å². The Morgan fingerprint density at radius 2 is 2.11 bits per heavy atom. The average molecular weight is 262 g/mol. The molecule has 3 heteroatoms. The van der Waals surface area contributed by atoms with Crippen LogP contribution in [0.5, 0.6) is 0 Å². The van der Waals surface area contributed by atoms with Crippen LogP contribution in [0, 0.1) is 18.8 Å². The Morgan fingerprint density at radius 1 is 1.42 bits per heavy atom. The van der Waals surface area contributed by atoms with E-state index in [1.54, 1.807) is 0 Å². The average Bonchev–Trinajstić information content (AvgIpc) is 2.67. The Hall–Kier alpha value is -1.35. The second-order valence-corrected chi connectivity index (χ2v) is 5.83. The molecule has 0 saturated carbocycles. The summed E-state index contributed by atoms with van der Waals surface area (Å²) in [7, 11) is 1.38. The second-order valence-electron chi connectivity index (χ2n) is 5.83. The zero-order valence-electron chi connectivity index (χ0n) is 12.1. The molecule has 0 saturated heterocycles. The normalized spacial score (nSPS) is 23.3. The molecule has 2 atom stereocenters. The lowest BCUT2D eigenvalue weighted by atomic mass is 9.76. The Kier molecular flexibility index (Phi) is 3.68. The minimum absolute atomic E-state index is 0.0314. The van der Waals surface area contributed by atoms with Gasteiger partial charge in [0.05, 0.1) is 13.0 Å². The van der Waals surface area contributed by atoms with Gasteiger partial charge < -0.3 is 9.84 Å². The Bertz CT molecular complexity index is 493. The highest BCUT2D eigenvalue weighted by atomic mass is 16.5. The molecule has 0 spiro atoms. The lowest BCUT2D eigenvalue weighted by Crippen LogP contribution is -2.42. The molecule has 3 nitrogen and oxygen atoms in total. The zero-order chi connectivity index (χ0) is 14.2. The molecule has 19 heavy (non-hydrogen) atoms. The molecule has 104 valence electrons. The van der Waals surface area contributed by atoms with Crippen molar-refractivity contribution < 1.29 is 14.6 Å². The van der Waals surface area contributed by atoms with Crippen LogP contribution in [0.1, 0.15) is 37.0 Å². The number of ether oxygens (including phenoxy) is 1. The summed E-state index contributed by atoms with van der Waals surface area (Å²) in [5.41, 5.74) is 2.05. The van der Waals surface area contributed by atoms with Gasteiger partial charge in [0, 0.05) is 0 Å². The van der Waals surface area contributed by atoms with E-state index in [-0.39, 0.29) is 11.9 Å². The first-order valence-electron chi connectivity index (χ1n) is 6.80. The Balaban J connectivity index is 2.50. The molecule has 0 heterocycles. The number of aliphatic hydroxyl groups is 1. The van der Waals surface area contributed by atoms with E-state index in [1.165, 1.54) is 7.11 Å². The van der Waals surface area contributed by atoms with Crippen LogP contribution < -0.4 is 0 Å². The molecule has 0 radical (unpaired) electrons. The van der Waals surface area contributed by atoms with E-state index in [4.69, 9.17) is 4.74 Å². The third kappa shape index (κ3) is 2.27. The van der Waals surface area contributed by atoms with Crippen LogP contribution in [-0.2, 0) is 21.6 Å². The topological polar surface area (TPSA) is 46.5 Å². The first kappa shape index (κ1) is 14.1. The van der Waals surface area contributed by atoms with E-state index < -0.39 is 11.5 Å². The van der Waals surface area contributed by atoms with Crippen LogP contribution in [0.15, 0.2) is 18.2 Å². The van der Waals surface area contributed by atoms with E-state index in [0.717, 1.165) is 23.1 Å². The number of benzene rings is 1. The van der Waals surface area contributed by atoms with Crippen molar-refractivity contribution in [1.82, 2.24) is 0 Å². The molecular formula is C16H22O3. The van der Waals surface area contributed by atoms with Crippen LogP contribution in [0.25, 0.3) is 0 Å². The highest BCUT2D eigenvalue weighted by Crippen LogP contribution is 2.45. The Morgan fingerprint density at radius 3 is 2.68 bits per heavy atom. The molecular weight excluding hydrogens is 240 g/mol. The summed E-state index contributed by atoms with van der Waals surface area (Å²) in [4.78, 5) is 12.1. The summed E-state index contributed by atoms with van der Waals surface area (Å²) in [6.45, 7) is 5.90. The number of carbonyl (C=O) groups excluding carboxylic acids is 1. The first-order chi connectivity index (χ1) is 8.90. The first-order valence-corrected chi connectivity index (χ1v) is 6.80. The molecule has 2 rings (SSSR count). The van der Waals surface area contributed by atoms with Gasteiger partial charge in [-0.05, 0) is 36.8 Å². The molecule has 1 N–H and O–H groups in total. The third-order valence-electron chi connectivity index (χ3n) is 4.14. The summed E-state index contributed by atoms with van der Waals surface area (Å²) in [6.07, 6.45) is 1.40. The fourth-order valence-corrected chi connectivity index (χ4v) is 3.24. The number of hydrogen-bond acceptors (Lipinski definition) is 3. The van der Waals surface area contributed by atoms with Crippen molar-refractivity contribution in [3.63, 3.8) is 0 Å². The van der Waals surface area contributed by atoms with Gasteiger partial charge in [-0.25, -0.2) is 0 Å². The number of aryl methyl sites for hydroxylation is 2. The molecule has 0 fully saturated rings. The maximum absolute atomic E-state index is 12.1. The number of carbonyl (C=O) groups is 1. The van der Waals surface area contributed by atoms with Crippen LogP contribution >= 0.6 is 0 Å². The SMILES string of the molecule is COC(=O)C(C(C)C)C1(O)CCc2ccc(C)cc21. The molecule has 0 aliphatic heterocycles. The highest BCUT2D eigenvalue weighted by Gasteiger charge is 2.48. The minimum Gasteiger partial charge on any atom is -0.469 e. The molecule has 0 aromatic heterocycles. The lowest BCUT2D eigenvalue weighted by Gasteiger charge is -2.34. The van der Waals surface area contributed by atoms with Crippen molar-refractivity contribution in [2.75, 3.05) is 7.11 Å². The van der Waals surface area contributed by atoms with Gasteiger partial charge in [0.1, 0.15) is 5.60 Å². The van der Waals surface area contributed by atoms with E-state index in [2.05, 4.69) is 6.07 Å². The minimum atomic E-state index is -1.09. The van der Waals surface area contributed by atoms with E-state index in [0.29, 0.717) is 6.42 Å². The lowest BCUT2D eigenvalue weighted by molar-refractivity contribution is -0.160. The molecule has 0 amide bonds. The van der Waals surface area contributed by atoms with Crippen molar-refractivity contribution in [1.29, 1.82) is 0 Å². The quantitative estimate of drug-likeness (QED) is 0.852. The van der Waals surface area contributed by atoms with Crippen LogP contribution in [0.3, 0.4) is 0 Å². The maximum Gasteiger partial charge on any atom is 0.312 e. The standard InChI is InChI=1S/C16H22O3/c1-10(2)14(15(17)19-4)16(18)8-7-12-6-5-11(3)9-13(12)16/h5-6,9-10,14,18H,7-8H2,1-4H3. The summed E-state index contributed by atoms with van der Waals surface area (Å²) in [6, 6.07) is 6.10. The van der Waals surface area contributed by atoms with Crippen molar-refractivity contribution >= 4 is 5.97 Å². The van der Waals surface area contributed by atoms with Crippen molar-refractivity contribution in [2.24, 2.45) is 11.8 Å². The zero-order valence-corrected chi connectivity index (χ0v) is 12.1.